The lowest BCUT2D eigenvalue weighted by atomic mass is 10.1. The molecule has 0 aliphatic heterocycles. The first kappa shape index (κ1) is 22.6. The molecule has 0 unspecified atom stereocenters. The topological polar surface area (TPSA) is 93.7 Å². The Morgan fingerprint density at radius 3 is 2.35 bits per heavy atom. The Morgan fingerprint density at radius 2 is 1.65 bits per heavy atom. The van der Waals surface area contributed by atoms with Gasteiger partial charge >= 0.3 is 0 Å². The largest absolute Gasteiger partial charge is 0.497 e. The predicted octanol–water partition coefficient (Wildman–Crippen LogP) is 4.66. The molecule has 7 nitrogen and oxygen atoms in total. The molecule has 0 atom stereocenters. The number of anilines is 2. The van der Waals surface area contributed by atoms with Crippen molar-refractivity contribution >= 4 is 43.2 Å². The van der Waals surface area contributed by atoms with Crippen molar-refractivity contribution in [3.8, 4) is 11.5 Å². The van der Waals surface area contributed by atoms with Crippen molar-refractivity contribution in [1.82, 2.24) is 0 Å². The van der Waals surface area contributed by atoms with Gasteiger partial charge in [-0.25, -0.2) is 8.42 Å². The molecule has 9 heteroatoms. The minimum absolute atomic E-state index is 0.177. The molecule has 0 bridgehead atoms. The fourth-order valence-corrected chi connectivity index (χ4v) is 4.74. The monoisotopic (exact) mass is 504 g/mol. The molecule has 1 amide bonds. The number of methoxy groups -OCH3 is 2. The van der Waals surface area contributed by atoms with Crippen molar-refractivity contribution < 1.29 is 22.7 Å². The molecule has 0 saturated carbocycles. The van der Waals surface area contributed by atoms with Crippen LogP contribution >= 0.6 is 15.9 Å². The van der Waals surface area contributed by atoms with Crippen LogP contribution in [0.3, 0.4) is 0 Å². The van der Waals surface area contributed by atoms with Gasteiger partial charge in [-0.1, -0.05) is 46.3 Å². The van der Waals surface area contributed by atoms with E-state index in [-0.39, 0.29) is 17.0 Å². The van der Waals surface area contributed by atoms with E-state index in [4.69, 9.17) is 9.47 Å². The molecule has 0 radical (unpaired) electrons. The number of halogens is 1. The van der Waals surface area contributed by atoms with Gasteiger partial charge in [0, 0.05) is 10.5 Å². The van der Waals surface area contributed by atoms with Crippen LogP contribution in [0, 0.1) is 0 Å². The highest BCUT2D eigenvalue weighted by Crippen LogP contribution is 2.30. The molecule has 0 spiro atoms. The zero-order valence-corrected chi connectivity index (χ0v) is 19.3. The first-order chi connectivity index (χ1) is 14.8. The maximum absolute atomic E-state index is 12.9. The molecule has 31 heavy (non-hydrogen) atoms. The lowest BCUT2D eigenvalue weighted by Crippen LogP contribution is -2.20. The summed E-state index contributed by atoms with van der Waals surface area (Å²) < 4.78 is 39.1. The van der Waals surface area contributed by atoms with Crippen LogP contribution in [0.2, 0.25) is 0 Å². The molecule has 2 N–H and O–H groups in total. The van der Waals surface area contributed by atoms with Crippen molar-refractivity contribution in [2.24, 2.45) is 0 Å². The van der Waals surface area contributed by atoms with Gasteiger partial charge in [0.1, 0.15) is 11.5 Å². The summed E-state index contributed by atoms with van der Waals surface area (Å²) in [5.74, 6) is 0.272. The SMILES string of the molecule is COc1ccc(NC(=O)c2ccccc2NS(=O)(=O)Cc2ccccc2Br)c(OC)c1. The van der Waals surface area contributed by atoms with Gasteiger partial charge in [-0.05, 0) is 35.9 Å². The van der Waals surface area contributed by atoms with Gasteiger partial charge in [0.25, 0.3) is 5.91 Å². The van der Waals surface area contributed by atoms with E-state index in [1.165, 1.54) is 20.3 Å². The molecule has 3 aromatic carbocycles. The number of hydrogen-bond acceptors (Lipinski definition) is 5. The van der Waals surface area contributed by atoms with E-state index < -0.39 is 15.9 Å². The van der Waals surface area contributed by atoms with Gasteiger partial charge in [0.05, 0.1) is 36.9 Å². The summed E-state index contributed by atoms with van der Waals surface area (Å²) >= 11 is 3.36. The summed E-state index contributed by atoms with van der Waals surface area (Å²) in [5, 5.41) is 2.75. The standard InChI is InChI=1S/C22H21BrN2O5S/c1-29-16-11-12-20(21(13-16)30-2)24-22(26)17-8-4-6-10-19(17)25-31(27,28)14-15-7-3-5-9-18(15)23/h3-13,25H,14H2,1-2H3,(H,24,26). The number of amides is 1. The molecular formula is C22H21BrN2O5S. The highest BCUT2D eigenvalue weighted by molar-refractivity contribution is 9.10. The third-order valence-electron chi connectivity index (χ3n) is 4.40. The average Bonchev–Trinajstić information content (AvgIpc) is 2.75. The second kappa shape index (κ2) is 9.84. The number of rotatable bonds is 8. The first-order valence-corrected chi connectivity index (χ1v) is 11.6. The summed E-state index contributed by atoms with van der Waals surface area (Å²) in [6.07, 6.45) is 0. The summed E-state index contributed by atoms with van der Waals surface area (Å²) in [4.78, 5) is 12.9. The molecule has 0 aliphatic carbocycles. The number of para-hydroxylation sites is 1. The number of hydrogen-bond donors (Lipinski definition) is 2. The Hall–Kier alpha value is -3.04. The van der Waals surface area contributed by atoms with Crippen molar-refractivity contribution in [3.63, 3.8) is 0 Å². The Balaban J connectivity index is 1.83. The maximum atomic E-state index is 12.9. The number of nitrogens with one attached hydrogen (secondary N) is 2. The number of benzene rings is 3. The number of carbonyl (C=O) groups excluding carboxylic acids is 1. The highest BCUT2D eigenvalue weighted by Gasteiger charge is 2.19. The van der Waals surface area contributed by atoms with E-state index >= 15 is 0 Å². The highest BCUT2D eigenvalue weighted by atomic mass is 79.9. The quantitative estimate of drug-likeness (QED) is 0.465. The number of sulfonamides is 1. The summed E-state index contributed by atoms with van der Waals surface area (Å²) in [6, 6.07) is 18.4. The van der Waals surface area contributed by atoms with Crippen LogP contribution in [-0.4, -0.2) is 28.5 Å². The Morgan fingerprint density at radius 1 is 0.935 bits per heavy atom. The maximum Gasteiger partial charge on any atom is 0.257 e. The molecule has 3 aromatic rings. The van der Waals surface area contributed by atoms with E-state index in [0.29, 0.717) is 27.2 Å². The molecule has 0 aliphatic rings. The van der Waals surface area contributed by atoms with Crippen LogP contribution in [0.25, 0.3) is 0 Å². The number of carbonyl (C=O) groups is 1. The van der Waals surface area contributed by atoms with Crippen LogP contribution in [0.1, 0.15) is 15.9 Å². The zero-order valence-electron chi connectivity index (χ0n) is 16.9. The van der Waals surface area contributed by atoms with E-state index in [1.807, 2.05) is 0 Å². The van der Waals surface area contributed by atoms with Crippen LogP contribution in [0.5, 0.6) is 11.5 Å². The van der Waals surface area contributed by atoms with Gasteiger partial charge in [0.15, 0.2) is 0 Å². The molecule has 0 saturated heterocycles. The van der Waals surface area contributed by atoms with E-state index in [0.717, 1.165) is 0 Å². The average molecular weight is 505 g/mol. The second-order valence-corrected chi connectivity index (χ2v) is 9.10. The molecule has 3 rings (SSSR count). The van der Waals surface area contributed by atoms with E-state index in [2.05, 4.69) is 26.0 Å². The molecule has 0 fully saturated rings. The Labute approximate surface area is 189 Å². The molecular weight excluding hydrogens is 484 g/mol. The summed E-state index contributed by atoms with van der Waals surface area (Å²) in [5.41, 5.74) is 1.40. The van der Waals surface area contributed by atoms with Gasteiger partial charge in [-0.15, -0.1) is 0 Å². The smallest absolute Gasteiger partial charge is 0.257 e. The molecule has 0 heterocycles. The zero-order chi connectivity index (χ0) is 22.4. The van der Waals surface area contributed by atoms with Gasteiger partial charge in [-0.3, -0.25) is 9.52 Å². The fourth-order valence-electron chi connectivity index (χ4n) is 2.89. The minimum Gasteiger partial charge on any atom is -0.497 e. The van der Waals surface area contributed by atoms with Crippen LogP contribution in [0.15, 0.2) is 71.2 Å². The number of ether oxygens (including phenoxy) is 2. The van der Waals surface area contributed by atoms with Crippen molar-refractivity contribution in [2.75, 3.05) is 24.3 Å². The minimum atomic E-state index is -3.76. The third-order valence-corrected chi connectivity index (χ3v) is 6.39. The second-order valence-electron chi connectivity index (χ2n) is 6.52. The lowest BCUT2D eigenvalue weighted by molar-refractivity contribution is 0.102. The van der Waals surface area contributed by atoms with Crippen molar-refractivity contribution in [2.45, 2.75) is 5.75 Å². The fraction of sp³-hybridized carbons (Fsp3) is 0.136. The normalized spacial score (nSPS) is 10.9. The van der Waals surface area contributed by atoms with E-state index in [9.17, 15) is 13.2 Å². The Kier molecular flexibility index (Phi) is 7.19. The third kappa shape index (κ3) is 5.77. The molecule has 162 valence electrons. The van der Waals surface area contributed by atoms with Crippen molar-refractivity contribution in [3.05, 3.63) is 82.3 Å². The lowest BCUT2D eigenvalue weighted by Gasteiger charge is -2.15. The summed E-state index contributed by atoms with van der Waals surface area (Å²) in [6.45, 7) is 0. The van der Waals surface area contributed by atoms with Crippen molar-refractivity contribution in [1.29, 1.82) is 0 Å². The predicted molar refractivity (Wildman–Crippen MR) is 124 cm³/mol. The Bertz CT molecular complexity index is 1200. The molecule has 0 aromatic heterocycles. The van der Waals surface area contributed by atoms with E-state index in [1.54, 1.807) is 60.7 Å². The van der Waals surface area contributed by atoms with Gasteiger partial charge in [-0.2, -0.15) is 0 Å². The van der Waals surface area contributed by atoms with Crippen LogP contribution < -0.4 is 19.5 Å². The van der Waals surface area contributed by atoms with Gasteiger partial charge in [0.2, 0.25) is 10.0 Å². The van der Waals surface area contributed by atoms with Gasteiger partial charge < -0.3 is 14.8 Å². The first-order valence-electron chi connectivity index (χ1n) is 9.19. The van der Waals surface area contributed by atoms with Crippen LogP contribution in [0.4, 0.5) is 11.4 Å². The van der Waals surface area contributed by atoms with Crippen LogP contribution in [-0.2, 0) is 15.8 Å². The summed E-state index contributed by atoms with van der Waals surface area (Å²) in [7, 11) is -0.751.